The molecule has 0 bridgehead atoms. The summed E-state index contributed by atoms with van der Waals surface area (Å²) in [5, 5.41) is 3.13. The summed E-state index contributed by atoms with van der Waals surface area (Å²) in [4.78, 5) is 28.0. The van der Waals surface area contributed by atoms with Crippen LogP contribution in [-0.2, 0) is 11.2 Å². The number of carbonyl (C=O) groups excluding carboxylic acids is 2. The Morgan fingerprint density at radius 3 is 2.59 bits per heavy atom. The molecule has 1 fully saturated rings. The summed E-state index contributed by atoms with van der Waals surface area (Å²) in [5.41, 5.74) is 2.73. The molecule has 0 aromatic heterocycles. The van der Waals surface area contributed by atoms with Crippen LogP contribution in [0.4, 0.5) is 5.69 Å². The van der Waals surface area contributed by atoms with E-state index in [1.54, 1.807) is 11.8 Å². The van der Waals surface area contributed by atoms with Crippen molar-refractivity contribution in [1.29, 1.82) is 0 Å². The molecule has 5 nitrogen and oxygen atoms in total. The number of carbonyl (C=O) groups is 2. The number of piperidine rings is 1. The summed E-state index contributed by atoms with van der Waals surface area (Å²) in [5.74, 6) is 0.0564. The fourth-order valence-electron chi connectivity index (χ4n) is 3.29. The molecule has 1 saturated heterocycles. The summed E-state index contributed by atoms with van der Waals surface area (Å²) in [6, 6.07) is 5.92. The molecule has 118 valence electrons. The Kier molecular flexibility index (Phi) is 4.16. The molecule has 0 saturated carbocycles. The average Bonchev–Trinajstić information content (AvgIpc) is 2.92. The Morgan fingerprint density at radius 1 is 1.18 bits per heavy atom. The second kappa shape index (κ2) is 6.08. The first-order valence-corrected chi connectivity index (χ1v) is 7.95. The van der Waals surface area contributed by atoms with Gasteiger partial charge in [-0.3, -0.25) is 9.59 Å². The van der Waals surface area contributed by atoms with Crippen molar-refractivity contribution in [3.05, 3.63) is 29.3 Å². The summed E-state index contributed by atoms with van der Waals surface area (Å²) in [6.45, 7) is 4.35. The molecular formula is C17H23N3O2. The second-order valence-electron chi connectivity index (χ2n) is 6.32. The molecule has 2 amide bonds. The van der Waals surface area contributed by atoms with Crippen LogP contribution in [-0.4, -0.2) is 49.4 Å². The minimum absolute atomic E-state index is 0.00127. The van der Waals surface area contributed by atoms with Crippen LogP contribution in [0.25, 0.3) is 0 Å². The lowest BCUT2D eigenvalue weighted by atomic mass is 10.0. The third-order valence-electron chi connectivity index (χ3n) is 4.67. The standard InChI is InChI=1S/C17H23N3O2/c1-12(21)20-10-5-13-11-14(3-4-16(13)20)17(22)18-15-6-8-19(2)9-7-15/h3-4,11,15H,5-10H2,1-2H3,(H,18,22). The number of nitrogens with zero attached hydrogens (tertiary/aromatic N) is 2. The zero-order chi connectivity index (χ0) is 15.7. The normalized spacial score (nSPS) is 19.1. The molecule has 1 N–H and O–H groups in total. The van der Waals surface area contributed by atoms with Gasteiger partial charge in [-0.1, -0.05) is 0 Å². The highest BCUT2D eigenvalue weighted by Gasteiger charge is 2.24. The molecule has 2 aliphatic rings. The molecule has 2 heterocycles. The smallest absolute Gasteiger partial charge is 0.251 e. The van der Waals surface area contributed by atoms with Gasteiger partial charge in [0.1, 0.15) is 0 Å². The van der Waals surface area contributed by atoms with Crippen molar-refractivity contribution in [1.82, 2.24) is 10.2 Å². The minimum atomic E-state index is -0.00127. The van der Waals surface area contributed by atoms with Gasteiger partial charge in [0.05, 0.1) is 0 Å². The van der Waals surface area contributed by atoms with Gasteiger partial charge in [-0.15, -0.1) is 0 Å². The van der Waals surface area contributed by atoms with Crippen LogP contribution < -0.4 is 10.2 Å². The lowest BCUT2D eigenvalue weighted by Gasteiger charge is -2.29. The lowest BCUT2D eigenvalue weighted by Crippen LogP contribution is -2.43. The lowest BCUT2D eigenvalue weighted by molar-refractivity contribution is -0.116. The molecule has 22 heavy (non-hydrogen) atoms. The molecule has 0 spiro atoms. The predicted octanol–water partition coefficient (Wildman–Crippen LogP) is 1.42. The molecule has 0 radical (unpaired) electrons. The number of amides is 2. The van der Waals surface area contributed by atoms with E-state index >= 15 is 0 Å². The van der Waals surface area contributed by atoms with E-state index in [2.05, 4.69) is 17.3 Å². The van der Waals surface area contributed by atoms with E-state index in [1.165, 1.54) is 0 Å². The monoisotopic (exact) mass is 301 g/mol. The number of hydrogen-bond donors (Lipinski definition) is 1. The van der Waals surface area contributed by atoms with E-state index in [0.29, 0.717) is 12.1 Å². The van der Waals surface area contributed by atoms with Gasteiger partial charge in [0.15, 0.2) is 0 Å². The molecule has 3 rings (SSSR count). The summed E-state index contributed by atoms with van der Waals surface area (Å²) >= 11 is 0. The van der Waals surface area contributed by atoms with Crippen molar-refractivity contribution < 1.29 is 9.59 Å². The molecule has 1 aromatic rings. The Morgan fingerprint density at radius 2 is 1.91 bits per heavy atom. The predicted molar refractivity (Wildman–Crippen MR) is 86.2 cm³/mol. The average molecular weight is 301 g/mol. The van der Waals surface area contributed by atoms with Crippen molar-refractivity contribution in [2.45, 2.75) is 32.2 Å². The number of nitrogens with one attached hydrogen (secondary N) is 1. The molecule has 1 aromatic carbocycles. The van der Waals surface area contributed by atoms with Crippen LogP contribution in [0.3, 0.4) is 0 Å². The third kappa shape index (κ3) is 2.99. The van der Waals surface area contributed by atoms with Gasteiger partial charge in [0.25, 0.3) is 5.91 Å². The van der Waals surface area contributed by atoms with Gasteiger partial charge in [-0.25, -0.2) is 0 Å². The molecule has 0 aliphatic carbocycles. The van der Waals surface area contributed by atoms with Crippen molar-refractivity contribution >= 4 is 17.5 Å². The van der Waals surface area contributed by atoms with Crippen LogP contribution >= 0.6 is 0 Å². The van der Waals surface area contributed by atoms with Gasteiger partial charge in [-0.05, 0) is 63.2 Å². The number of likely N-dealkylation sites (tertiary alicyclic amines) is 1. The van der Waals surface area contributed by atoms with Gasteiger partial charge in [0, 0.05) is 30.8 Å². The molecular weight excluding hydrogens is 278 g/mol. The first-order chi connectivity index (χ1) is 10.5. The van der Waals surface area contributed by atoms with Crippen LogP contribution in [0, 0.1) is 0 Å². The maximum absolute atomic E-state index is 12.4. The number of rotatable bonds is 2. The van der Waals surface area contributed by atoms with Crippen molar-refractivity contribution in [2.24, 2.45) is 0 Å². The Bertz CT molecular complexity index is 592. The number of anilines is 1. The Balaban J connectivity index is 1.68. The quantitative estimate of drug-likeness (QED) is 0.899. The van der Waals surface area contributed by atoms with Crippen molar-refractivity contribution in [3.63, 3.8) is 0 Å². The maximum Gasteiger partial charge on any atom is 0.251 e. The molecule has 2 aliphatic heterocycles. The molecule has 0 atom stereocenters. The van der Waals surface area contributed by atoms with Crippen molar-refractivity contribution in [3.8, 4) is 0 Å². The van der Waals surface area contributed by atoms with E-state index in [9.17, 15) is 9.59 Å². The maximum atomic E-state index is 12.4. The summed E-state index contributed by atoms with van der Waals surface area (Å²) < 4.78 is 0. The number of benzene rings is 1. The largest absolute Gasteiger partial charge is 0.349 e. The Hall–Kier alpha value is -1.88. The van der Waals surface area contributed by atoms with Gasteiger partial charge >= 0.3 is 0 Å². The van der Waals surface area contributed by atoms with Gasteiger partial charge in [-0.2, -0.15) is 0 Å². The fourth-order valence-corrected chi connectivity index (χ4v) is 3.29. The van der Waals surface area contributed by atoms with Crippen molar-refractivity contribution in [2.75, 3.05) is 31.6 Å². The van der Waals surface area contributed by atoms with Gasteiger partial charge < -0.3 is 15.1 Å². The SMILES string of the molecule is CC(=O)N1CCc2cc(C(=O)NC3CCN(C)CC3)ccc21. The topological polar surface area (TPSA) is 52.7 Å². The van der Waals surface area contributed by atoms with E-state index in [0.717, 1.165) is 43.6 Å². The Labute approximate surface area is 131 Å². The first-order valence-electron chi connectivity index (χ1n) is 7.95. The van der Waals surface area contributed by atoms with Gasteiger partial charge in [0.2, 0.25) is 5.91 Å². The third-order valence-corrected chi connectivity index (χ3v) is 4.67. The highest BCUT2D eigenvalue weighted by Crippen LogP contribution is 2.29. The molecule has 5 heteroatoms. The zero-order valence-electron chi connectivity index (χ0n) is 13.3. The zero-order valence-corrected chi connectivity index (χ0v) is 13.3. The van der Waals surface area contributed by atoms with E-state index in [4.69, 9.17) is 0 Å². The van der Waals surface area contributed by atoms with Crippen LogP contribution in [0.1, 0.15) is 35.7 Å². The second-order valence-corrected chi connectivity index (χ2v) is 6.32. The fraction of sp³-hybridized carbons (Fsp3) is 0.529. The van der Waals surface area contributed by atoms with E-state index in [-0.39, 0.29) is 17.9 Å². The van der Waals surface area contributed by atoms with Crippen LogP contribution in [0.2, 0.25) is 0 Å². The molecule has 0 unspecified atom stereocenters. The van der Waals surface area contributed by atoms with Crippen LogP contribution in [0.5, 0.6) is 0 Å². The van der Waals surface area contributed by atoms with E-state index in [1.807, 2.05) is 18.2 Å². The van der Waals surface area contributed by atoms with E-state index < -0.39 is 0 Å². The first kappa shape index (κ1) is 15.0. The minimum Gasteiger partial charge on any atom is -0.349 e. The number of fused-ring (bicyclic) bond motifs is 1. The summed E-state index contributed by atoms with van der Waals surface area (Å²) in [6.07, 6.45) is 2.83. The van der Waals surface area contributed by atoms with Crippen LogP contribution in [0.15, 0.2) is 18.2 Å². The number of hydrogen-bond acceptors (Lipinski definition) is 3. The highest BCUT2D eigenvalue weighted by atomic mass is 16.2. The highest BCUT2D eigenvalue weighted by molar-refractivity contribution is 5.98. The summed E-state index contributed by atoms with van der Waals surface area (Å²) in [7, 11) is 2.11.